The molecule has 5 heteroatoms. The number of nitrogens with zero attached hydrogens (tertiary/aromatic N) is 3. The van der Waals surface area contributed by atoms with E-state index in [0.717, 1.165) is 5.69 Å². The number of benzene rings is 1. The molecule has 0 amide bonds. The van der Waals surface area contributed by atoms with Gasteiger partial charge in [-0.25, -0.2) is 0 Å². The molecule has 2 rings (SSSR count). The lowest BCUT2D eigenvalue weighted by Gasteiger charge is -2.15. The van der Waals surface area contributed by atoms with E-state index in [0.29, 0.717) is 18.0 Å². The molecule has 1 aromatic carbocycles. The lowest BCUT2D eigenvalue weighted by Crippen LogP contribution is -2.17. The summed E-state index contributed by atoms with van der Waals surface area (Å²) in [6.45, 7) is 4.22. The fraction of sp³-hybridized carbons (Fsp3) is 0.333. The van der Waals surface area contributed by atoms with Gasteiger partial charge in [-0.05, 0) is 32.0 Å². The molecule has 88 valence electrons. The number of ether oxygens (including phenoxy) is 1. The summed E-state index contributed by atoms with van der Waals surface area (Å²) >= 11 is 0. The number of oxime groups is 1. The van der Waals surface area contributed by atoms with Crippen LogP contribution in [0.15, 0.2) is 23.4 Å². The van der Waals surface area contributed by atoms with Crippen molar-refractivity contribution in [2.75, 3.05) is 11.6 Å². The third-order valence-corrected chi connectivity index (χ3v) is 2.24. The van der Waals surface area contributed by atoms with Gasteiger partial charge in [-0.2, -0.15) is 5.26 Å². The van der Waals surface area contributed by atoms with Crippen LogP contribution < -0.4 is 9.64 Å². The van der Waals surface area contributed by atoms with Crippen molar-refractivity contribution in [1.29, 1.82) is 5.26 Å². The Kier molecular flexibility index (Phi) is 3.15. The van der Waals surface area contributed by atoms with Gasteiger partial charge in [0.15, 0.2) is 6.73 Å². The van der Waals surface area contributed by atoms with E-state index in [1.165, 1.54) is 0 Å². The lowest BCUT2D eigenvalue weighted by molar-refractivity contribution is 0.174. The average molecular weight is 231 g/mol. The second-order valence-corrected chi connectivity index (χ2v) is 3.91. The zero-order valence-corrected chi connectivity index (χ0v) is 9.75. The topological polar surface area (TPSA) is 57.9 Å². The first-order valence-corrected chi connectivity index (χ1v) is 5.33. The molecule has 17 heavy (non-hydrogen) atoms. The smallest absolute Gasteiger partial charge is 0.194 e. The van der Waals surface area contributed by atoms with Crippen LogP contribution in [0.3, 0.4) is 0 Å². The van der Waals surface area contributed by atoms with Crippen molar-refractivity contribution < 1.29 is 9.57 Å². The van der Waals surface area contributed by atoms with Gasteiger partial charge in [0.05, 0.1) is 11.7 Å². The predicted octanol–water partition coefficient (Wildman–Crippen LogP) is 2.08. The van der Waals surface area contributed by atoms with E-state index in [1.54, 1.807) is 23.4 Å². The molecule has 0 unspecified atom stereocenters. The average Bonchev–Trinajstić information content (AvgIpc) is 2.82. The number of rotatable bonds is 3. The Morgan fingerprint density at radius 3 is 2.94 bits per heavy atom. The maximum absolute atomic E-state index is 9.09. The highest BCUT2D eigenvalue weighted by atomic mass is 16.6. The molecule has 0 spiro atoms. The monoisotopic (exact) mass is 231 g/mol. The van der Waals surface area contributed by atoms with Crippen LogP contribution in [0.25, 0.3) is 0 Å². The summed E-state index contributed by atoms with van der Waals surface area (Å²) in [7, 11) is 0. The molecule has 0 saturated heterocycles. The van der Waals surface area contributed by atoms with Crippen LogP contribution >= 0.6 is 0 Å². The fourth-order valence-electron chi connectivity index (χ4n) is 1.50. The summed E-state index contributed by atoms with van der Waals surface area (Å²) in [5, 5.41) is 12.7. The highest BCUT2D eigenvalue weighted by molar-refractivity contribution is 5.80. The van der Waals surface area contributed by atoms with E-state index in [1.807, 2.05) is 19.9 Å². The Hall–Kier alpha value is -2.22. The molecule has 1 aromatic rings. The molecule has 0 saturated carbocycles. The maximum atomic E-state index is 9.09. The molecule has 0 N–H and O–H groups in total. The molecule has 0 atom stereocenters. The van der Waals surface area contributed by atoms with E-state index in [2.05, 4.69) is 11.2 Å². The van der Waals surface area contributed by atoms with E-state index in [-0.39, 0.29) is 6.10 Å². The minimum atomic E-state index is 0.0460. The van der Waals surface area contributed by atoms with E-state index >= 15 is 0 Å². The van der Waals surface area contributed by atoms with Crippen molar-refractivity contribution in [1.82, 2.24) is 0 Å². The summed E-state index contributed by atoms with van der Waals surface area (Å²) in [6, 6.07) is 7.56. The normalized spacial score (nSPS) is 13.6. The zero-order chi connectivity index (χ0) is 12.3. The van der Waals surface area contributed by atoms with Crippen molar-refractivity contribution in [2.24, 2.45) is 5.16 Å². The van der Waals surface area contributed by atoms with Crippen molar-refractivity contribution in [3.05, 3.63) is 23.8 Å². The number of anilines is 1. The van der Waals surface area contributed by atoms with E-state index in [9.17, 15) is 0 Å². The first-order valence-electron chi connectivity index (χ1n) is 5.33. The van der Waals surface area contributed by atoms with Gasteiger partial charge in [-0.3, -0.25) is 4.90 Å². The number of hydrogen-bond donors (Lipinski definition) is 0. The van der Waals surface area contributed by atoms with Gasteiger partial charge < -0.3 is 9.57 Å². The summed E-state index contributed by atoms with van der Waals surface area (Å²) in [6.07, 6.45) is 1.63. The molecule has 1 aliphatic heterocycles. The van der Waals surface area contributed by atoms with Gasteiger partial charge in [0.1, 0.15) is 18.2 Å². The van der Waals surface area contributed by atoms with E-state index < -0.39 is 0 Å². The molecule has 5 nitrogen and oxygen atoms in total. The summed E-state index contributed by atoms with van der Waals surface area (Å²) in [5.74, 6) is 0.600. The Bertz CT molecular complexity index is 477. The van der Waals surface area contributed by atoms with Gasteiger partial charge in [-0.1, -0.05) is 5.16 Å². The van der Waals surface area contributed by atoms with Gasteiger partial charge >= 0.3 is 0 Å². The molecule has 0 fully saturated rings. The summed E-state index contributed by atoms with van der Waals surface area (Å²) in [5.41, 5.74) is 1.37. The molecule has 0 aromatic heterocycles. The van der Waals surface area contributed by atoms with Crippen LogP contribution in [0.2, 0.25) is 0 Å². The highest BCUT2D eigenvalue weighted by Crippen LogP contribution is 2.25. The van der Waals surface area contributed by atoms with Gasteiger partial charge in [0, 0.05) is 5.69 Å². The van der Waals surface area contributed by atoms with Crippen LogP contribution in [0.5, 0.6) is 5.75 Å². The van der Waals surface area contributed by atoms with E-state index in [4.69, 9.17) is 14.8 Å². The van der Waals surface area contributed by atoms with Crippen molar-refractivity contribution in [3.8, 4) is 11.8 Å². The second-order valence-electron chi connectivity index (χ2n) is 3.91. The third kappa shape index (κ3) is 2.48. The van der Waals surface area contributed by atoms with Gasteiger partial charge in [0.2, 0.25) is 0 Å². The number of nitriles is 1. The molecule has 0 radical (unpaired) electrons. The van der Waals surface area contributed by atoms with Crippen LogP contribution in [-0.4, -0.2) is 19.2 Å². The van der Waals surface area contributed by atoms with Crippen molar-refractivity contribution in [3.63, 3.8) is 0 Å². The summed E-state index contributed by atoms with van der Waals surface area (Å²) in [4.78, 5) is 6.67. The molecule has 0 bridgehead atoms. The molecular weight excluding hydrogens is 218 g/mol. The van der Waals surface area contributed by atoms with Gasteiger partial charge in [-0.15, -0.1) is 0 Å². The van der Waals surface area contributed by atoms with Gasteiger partial charge in [0.25, 0.3) is 0 Å². The SMILES string of the molecule is CC(C)Oc1ccc(N2C=NOC2)cc1C#N. The first-order chi connectivity index (χ1) is 8.20. The Labute approximate surface area is 99.8 Å². The molecule has 0 aliphatic carbocycles. The Morgan fingerprint density at radius 1 is 1.53 bits per heavy atom. The molecular formula is C12H13N3O2. The fourth-order valence-corrected chi connectivity index (χ4v) is 1.50. The van der Waals surface area contributed by atoms with Crippen molar-refractivity contribution in [2.45, 2.75) is 20.0 Å². The Balaban J connectivity index is 2.28. The molecule has 1 aliphatic rings. The largest absolute Gasteiger partial charge is 0.490 e. The second kappa shape index (κ2) is 4.74. The minimum Gasteiger partial charge on any atom is -0.490 e. The van der Waals surface area contributed by atoms with Crippen molar-refractivity contribution >= 4 is 12.0 Å². The lowest BCUT2D eigenvalue weighted by atomic mass is 10.2. The maximum Gasteiger partial charge on any atom is 0.194 e. The minimum absolute atomic E-state index is 0.0460. The predicted molar refractivity (Wildman–Crippen MR) is 63.8 cm³/mol. The van der Waals surface area contributed by atoms with Crippen LogP contribution in [0.1, 0.15) is 19.4 Å². The number of hydrogen-bond acceptors (Lipinski definition) is 5. The zero-order valence-electron chi connectivity index (χ0n) is 9.75. The van der Waals surface area contributed by atoms with Crippen LogP contribution in [-0.2, 0) is 4.84 Å². The van der Waals surface area contributed by atoms with Crippen LogP contribution in [0.4, 0.5) is 5.69 Å². The standard InChI is InChI=1S/C12H13N3O2/c1-9(2)17-12-4-3-11(5-10(12)6-13)15-7-14-16-8-15/h3-5,7,9H,8H2,1-2H3. The highest BCUT2D eigenvalue weighted by Gasteiger charge is 2.13. The molecule has 1 heterocycles. The first kappa shape index (κ1) is 11.3. The quantitative estimate of drug-likeness (QED) is 0.799. The third-order valence-electron chi connectivity index (χ3n) is 2.24. The summed E-state index contributed by atoms with van der Waals surface area (Å²) < 4.78 is 5.55. The van der Waals surface area contributed by atoms with Crippen LogP contribution in [0, 0.1) is 11.3 Å². The Morgan fingerprint density at radius 2 is 2.35 bits per heavy atom.